The highest BCUT2D eigenvalue weighted by molar-refractivity contribution is 5.80. The second kappa shape index (κ2) is 8.21. The molecule has 0 heterocycles. The number of aryl methyl sites for hydroxylation is 1. The van der Waals surface area contributed by atoms with E-state index in [2.05, 4.69) is 45.0 Å². The van der Waals surface area contributed by atoms with E-state index in [1.54, 1.807) is 14.0 Å². The maximum Gasteiger partial charge on any atom is 0.158 e. The number of benzene rings is 1. The second-order valence-corrected chi connectivity index (χ2v) is 5.62. The third-order valence-electron chi connectivity index (χ3n) is 4.37. The number of Topliss-reactive ketones (excluding diaryl/α,β-unsaturated/α-hetero) is 1. The van der Waals surface area contributed by atoms with Crippen LogP contribution in [-0.4, -0.2) is 19.0 Å². The van der Waals surface area contributed by atoms with E-state index in [4.69, 9.17) is 4.74 Å². The lowest BCUT2D eigenvalue weighted by Gasteiger charge is -2.28. The number of carbonyl (C=O) groups is 1. The topological polar surface area (TPSA) is 26.3 Å². The van der Waals surface area contributed by atoms with Gasteiger partial charge < -0.3 is 4.74 Å². The molecule has 0 aliphatic heterocycles. The molecule has 0 radical (unpaired) electrons. The fraction of sp³-hybridized carbons (Fsp3) is 0.611. The third-order valence-corrected chi connectivity index (χ3v) is 4.37. The lowest BCUT2D eigenvalue weighted by atomic mass is 9.79. The summed E-state index contributed by atoms with van der Waals surface area (Å²) in [5.74, 6) is 1.04. The SMILES string of the molecule is CCc1ccccc1C(CC(OC)C(C)=O)C(C)CC. The smallest absolute Gasteiger partial charge is 0.158 e. The number of ether oxygens (including phenoxy) is 1. The zero-order valence-electron chi connectivity index (χ0n) is 13.5. The number of rotatable bonds is 8. The lowest BCUT2D eigenvalue weighted by Crippen LogP contribution is -2.26. The molecule has 0 bridgehead atoms. The van der Waals surface area contributed by atoms with Crippen molar-refractivity contribution in [2.24, 2.45) is 5.92 Å². The zero-order valence-corrected chi connectivity index (χ0v) is 13.5. The van der Waals surface area contributed by atoms with E-state index in [1.807, 2.05) is 0 Å². The first kappa shape index (κ1) is 16.9. The molecule has 1 rings (SSSR count). The Morgan fingerprint density at radius 1 is 1.25 bits per heavy atom. The van der Waals surface area contributed by atoms with Crippen molar-refractivity contribution in [2.45, 2.75) is 59.0 Å². The Bertz CT molecular complexity index is 425. The van der Waals surface area contributed by atoms with E-state index in [1.165, 1.54) is 11.1 Å². The highest BCUT2D eigenvalue weighted by Crippen LogP contribution is 2.34. The summed E-state index contributed by atoms with van der Waals surface area (Å²) in [5.41, 5.74) is 2.77. The van der Waals surface area contributed by atoms with Crippen molar-refractivity contribution in [1.29, 1.82) is 0 Å². The van der Waals surface area contributed by atoms with Gasteiger partial charge in [0.05, 0.1) is 0 Å². The molecule has 0 fully saturated rings. The Morgan fingerprint density at radius 3 is 2.40 bits per heavy atom. The van der Waals surface area contributed by atoms with Gasteiger partial charge in [0, 0.05) is 7.11 Å². The molecule has 112 valence electrons. The molecule has 0 spiro atoms. The van der Waals surface area contributed by atoms with Crippen LogP contribution >= 0.6 is 0 Å². The Labute approximate surface area is 123 Å². The Kier molecular flexibility index (Phi) is 6.94. The van der Waals surface area contributed by atoms with Gasteiger partial charge in [0.25, 0.3) is 0 Å². The van der Waals surface area contributed by atoms with Crippen LogP contribution in [0.25, 0.3) is 0 Å². The molecule has 0 saturated carbocycles. The second-order valence-electron chi connectivity index (χ2n) is 5.62. The predicted molar refractivity (Wildman–Crippen MR) is 84.1 cm³/mol. The molecule has 0 saturated heterocycles. The molecule has 0 aliphatic rings. The standard InChI is InChI=1S/C18H28O2/c1-6-13(3)17(12-18(20-5)14(4)19)16-11-9-8-10-15(16)7-2/h8-11,13,17-18H,6-7,12H2,1-5H3. The van der Waals surface area contributed by atoms with Gasteiger partial charge in [-0.25, -0.2) is 0 Å². The van der Waals surface area contributed by atoms with Crippen LogP contribution in [0.3, 0.4) is 0 Å². The van der Waals surface area contributed by atoms with Crippen molar-refractivity contribution >= 4 is 5.78 Å². The number of carbonyl (C=O) groups excluding carboxylic acids is 1. The normalized spacial score (nSPS) is 15.7. The summed E-state index contributed by atoms with van der Waals surface area (Å²) in [7, 11) is 1.63. The highest BCUT2D eigenvalue weighted by atomic mass is 16.5. The molecule has 0 amide bonds. The predicted octanol–water partition coefficient (Wildman–Crippen LogP) is 4.37. The molecule has 3 unspecified atom stereocenters. The van der Waals surface area contributed by atoms with Crippen molar-refractivity contribution in [3.05, 3.63) is 35.4 Å². The van der Waals surface area contributed by atoms with Crippen LogP contribution in [0, 0.1) is 5.92 Å². The van der Waals surface area contributed by atoms with Crippen LogP contribution in [0.4, 0.5) is 0 Å². The van der Waals surface area contributed by atoms with E-state index in [-0.39, 0.29) is 11.9 Å². The number of ketones is 1. The van der Waals surface area contributed by atoms with Gasteiger partial charge in [0.15, 0.2) is 5.78 Å². The Hall–Kier alpha value is -1.15. The minimum absolute atomic E-state index is 0.120. The van der Waals surface area contributed by atoms with Gasteiger partial charge in [0.1, 0.15) is 6.10 Å². The van der Waals surface area contributed by atoms with Crippen molar-refractivity contribution in [3.63, 3.8) is 0 Å². The monoisotopic (exact) mass is 276 g/mol. The summed E-state index contributed by atoms with van der Waals surface area (Å²) >= 11 is 0. The van der Waals surface area contributed by atoms with Crippen LogP contribution in [0.1, 0.15) is 57.6 Å². The largest absolute Gasteiger partial charge is 0.374 e. The first-order valence-corrected chi connectivity index (χ1v) is 7.66. The van der Waals surface area contributed by atoms with E-state index in [9.17, 15) is 4.79 Å². The lowest BCUT2D eigenvalue weighted by molar-refractivity contribution is -0.127. The van der Waals surface area contributed by atoms with E-state index < -0.39 is 0 Å². The first-order valence-electron chi connectivity index (χ1n) is 7.66. The van der Waals surface area contributed by atoms with Crippen LogP contribution in [0.2, 0.25) is 0 Å². The molecular formula is C18H28O2. The molecule has 0 aromatic heterocycles. The van der Waals surface area contributed by atoms with Gasteiger partial charge in [-0.3, -0.25) is 4.79 Å². The highest BCUT2D eigenvalue weighted by Gasteiger charge is 2.26. The molecule has 1 aromatic rings. The summed E-state index contributed by atoms with van der Waals surface area (Å²) in [6, 6.07) is 8.59. The van der Waals surface area contributed by atoms with Gasteiger partial charge in [-0.2, -0.15) is 0 Å². The van der Waals surface area contributed by atoms with Gasteiger partial charge in [-0.1, -0.05) is 51.5 Å². The zero-order chi connectivity index (χ0) is 15.1. The minimum atomic E-state index is -0.293. The minimum Gasteiger partial charge on any atom is -0.374 e. The quantitative estimate of drug-likeness (QED) is 0.704. The summed E-state index contributed by atoms with van der Waals surface area (Å²) in [6.07, 6.45) is 2.62. The summed E-state index contributed by atoms with van der Waals surface area (Å²) in [6.45, 7) is 8.28. The summed E-state index contributed by atoms with van der Waals surface area (Å²) in [5, 5.41) is 0. The van der Waals surface area contributed by atoms with Crippen LogP contribution in [0.5, 0.6) is 0 Å². The third kappa shape index (κ3) is 4.17. The van der Waals surface area contributed by atoms with E-state index in [0.717, 1.165) is 19.3 Å². The molecular weight excluding hydrogens is 248 g/mol. The molecule has 2 heteroatoms. The Morgan fingerprint density at radius 2 is 1.90 bits per heavy atom. The van der Waals surface area contributed by atoms with Gasteiger partial charge >= 0.3 is 0 Å². The Balaban J connectivity index is 3.09. The number of hydrogen-bond acceptors (Lipinski definition) is 2. The summed E-state index contributed by atoms with van der Waals surface area (Å²) in [4.78, 5) is 11.7. The average Bonchev–Trinajstić information content (AvgIpc) is 2.47. The van der Waals surface area contributed by atoms with Crippen molar-refractivity contribution in [3.8, 4) is 0 Å². The first-order chi connectivity index (χ1) is 9.54. The van der Waals surface area contributed by atoms with Crippen molar-refractivity contribution in [1.82, 2.24) is 0 Å². The van der Waals surface area contributed by atoms with E-state index >= 15 is 0 Å². The number of hydrogen-bond donors (Lipinski definition) is 0. The van der Waals surface area contributed by atoms with Crippen molar-refractivity contribution < 1.29 is 9.53 Å². The molecule has 1 aromatic carbocycles. The van der Waals surface area contributed by atoms with Gasteiger partial charge in [-0.05, 0) is 42.7 Å². The van der Waals surface area contributed by atoms with Crippen LogP contribution < -0.4 is 0 Å². The number of methoxy groups -OCH3 is 1. The maximum atomic E-state index is 11.7. The average molecular weight is 276 g/mol. The fourth-order valence-corrected chi connectivity index (χ4v) is 2.83. The molecule has 0 aliphatic carbocycles. The molecule has 3 atom stereocenters. The maximum absolute atomic E-state index is 11.7. The molecule has 20 heavy (non-hydrogen) atoms. The molecule has 0 N–H and O–H groups in total. The van der Waals surface area contributed by atoms with Gasteiger partial charge in [0.2, 0.25) is 0 Å². The van der Waals surface area contributed by atoms with E-state index in [0.29, 0.717) is 11.8 Å². The van der Waals surface area contributed by atoms with Crippen LogP contribution in [0.15, 0.2) is 24.3 Å². The van der Waals surface area contributed by atoms with Crippen LogP contribution in [-0.2, 0) is 16.0 Å². The fourth-order valence-electron chi connectivity index (χ4n) is 2.83. The molecule has 2 nitrogen and oxygen atoms in total. The van der Waals surface area contributed by atoms with Gasteiger partial charge in [-0.15, -0.1) is 0 Å². The summed E-state index contributed by atoms with van der Waals surface area (Å²) < 4.78 is 5.38. The van der Waals surface area contributed by atoms with Crippen molar-refractivity contribution in [2.75, 3.05) is 7.11 Å².